The molecule has 12 nitrogen and oxygen atoms in total. The highest BCUT2D eigenvalue weighted by Crippen LogP contribution is 2.22. The first-order valence-electron chi connectivity index (χ1n) is 5.97. The predicted octanol–water partition coefficient (Wildman–Crippen LogP) is -0.505. The molecule has 0 saturated carbocycles. The first-order valence-corrected chi connectivity index (χ1v) is 5.97. The van der Waals surface area contributed by atoms with Crippen molar-refractivity contribution in [1.29, 1.82) is 0 Å². The maximum Gasteiger partial charge on any atom is 0.375 e. The number of primary amides is 1. The fourth-order valence-corrected chi connectivity index (χ4v) is 1.41. The molecule has 0 spiro atoms. The molecule has 0 aromatic carbocycles. The van der Waals surface area contributed by atoms with Gasteiger partial charge in [0.05, 0.1) is 16.2 Å². The van der Waals surface area contributed by atoms with Crippen LogP contribution in [0.25, 0.3) is 0 Å². The molecule has 0 atom stereocenters. The van der Waals surface area contributed by atoms with E-state index >= 15 is 0 Å². The van der Waals surface area contributed by atoms with Gasteiger partial charge < -0.3 is 16.8 Å². The zero-order chi connectivity index (χ0) is 17.1. The van der Waals surface area contributed by atoms with Crippen LogP contribution >= 0.6 is 0 Å². The number of nitro groups is 1. The number of nitrogens with one attached hydrogen (secondary N) is 3. The van der Waals surface area contributed by atoms with E-state index in [0.29, 0.717) is 5.71 Å². The van der Waals surface area contributed by atoms with Crippen LogP contribution in [0.4, 0.5) is 22.2 Å². The molecule has 0 bridgehead atoms. The number of urea groups is 1. The minimum atomic E-state index is -0.986. The molecule has 0 fully saturated rings. The largest absolute Gasteiger partial charge is 0.375 e. The maximum atomic E-state index is 11.6. The van der Waals surface area contributed by atoms with Crippen molar-refractivity contribution >= 4 is 29.2 Å². The van der Waals surface area contributed by atoms with Gasteiger partial charge in [0.1, 0.15) is 0 Å². The number of rotatable bonds is 5. The first kappa shape index (κ1) is 16.9. The topological polar surface area (TPSA) is 194 Å². The van der Waals surface area contributed by atoms with Crippen molar-refractivity contribution in [1.82, 2.24) is 15.4 Å². The van der Waals surface area contributed by atoms with Crippen LogP contribution in [-0.4, -0.2) is 32.2 Å². The molecule has 0 aliphatic rings. The van der Waals surface area contributed by atoms with E-state index in [9.17, 15) is 19.7 Å². The van der Waals surface area contributed by atoms with Crippen molar-refractivity contribution in [3.05, 3.63) is 20.5 Å². The van der Waals surface area contributed by atoms with Gasteiger partial charge in [-0.3, -0.25) is 19.9 Å². The van der Waals surface area contributed by atoms with Crippen LogP contribution in [0.2, 0.25) is 0 Å². The average molecular weight is 312 g/mol. The number of aromatic nitrogens is 2. The number of hydrogen-bond acceptors (Lipinski definition) is 8. The molecule has 0 aliphatic carbocycles. The van der Waals surface area contributed by atoms with E-state index in [4.69, 9.17) is 11.5 Å². The van der Waals surface area contributed by atoms with Gasteiger partial charge in [-0.05, 0) is 20.8 Å². The molecular formula is C10H16N8O4. The van der Waals surface area contributed by atoms with E-state index in [1.807, 2.05) is 10.4 Å². The van der Waals surface area contributed by atoms with E-state index in [0.717, 1.165) is 0 Å². The monoisotopic (exact) mass is 312 g/mol. The van der Waals surface area contributed by atoms with Crippen molar-refractivity contribution in [3.63, 3.8) is 0 Å². The highest BCUT2D eigenvalue weighted by Gasteiger charge is 2.29. The van der Waals surface area contributed by atoms with Crippen LogP contribution in [0.3, 0.4) is 0 Å². The molecule has 1 aromatic heterocycles. The minimum absolute atomic E-state index is 0.279. The average Bonchev–Trinajstić information content (AvgIpc) is 2.33. The number of carbonyl (C=O) groups is 1. The lowest BCUT2D eigenvalue weighted by atomic mass is 9.99. The molecule has 0 saturated heterocycles. The Balaban J connectivity index is 3.23. The summed E-state index contributed by atoms with van der Waals surface area (Å²) in [4.78, 5) is 38.1. The van der Waals surface area contributed by atoms with E-state index < -0.39 is 27.7 Å². The zero-order valence-corrected chi connectivity index (χ0v) is 12.1. The third-order valence-corrected chi connectivity index (χ3v) is 2.77. The van der Waals surface area contributed by atoms with E-state index in [-0.39, 0.29) is 11.8 Å². The number of nitrogens with zero attached hydrogens (tertiary/aromatic N) is 3. The number of carbonyl (C=O) groups excluding carboxylic acids is 1. The molecular weight excluding hydrogens is 296 g/mol. The summed E-state index contributed by atoms with van der Waals surface area (Å²) in [7, 11) is 0. The lowest BCUT2D eigenvalue weighted by molar-refractivity contribution is -0.385. The third-order valence-electron chi connectivity index (χ3n) is 2.77. The molecule has 7 N–H and O–H groups in total. The SMILES string of the molecule is C/C(=N/NC(N)=O)C(C)(C)Nc1nc(N)[nH]c(=O)c1[N+](=O)[O-]. The normalized spacial score (nSPS) is 11.9. The lowest BCUT2D eigenvalue weighted by Crippen LogP contribution is -2.41. The summed E-state index contributed by atoms with van der Waals surface area (Å²) in [5, 5.41) is 17.4. The number of hydrogen-bond donors (Lipinski definition) is 5. The number of hydrazone groups is 1. The summed E-state index contributed by atoms with van der Waals surface area (Å²) in [5.74, 6) is -0.594. The highest BCUT2D eigenvalue weighted by molar-refractivity contribution is 5.94. The molecule has 0 radical (unpaired) electrons. The van der Waals surface area contributed by atoms with Crippen LogP contribution < -0.4 is 27.8 Å². The second kappa shape index (κ2) is 6.07. The maximum absolute atomic E-state index is 11.6. The predicted molar refractivity (Wildman–Crippen MR) is 79.5 cm³/mol. The molecule has 120 valence electrons. The van der Waals surface area contributed by atoms with Gasteiger partial charge in [0.2, 0.25) is 11.8 Å². The smallest absolute Gasteiger partial charge is 0.369 e. The Morgan fingerprint density at radius 1 is 1.50 bits per heavy atom. The molecule has 2 amide bonds. The number of nitrogens with two attached hydrogens (primary N) is 2. The molecule has 1 rings (SSSR count). The van der Waals surface area contributed by atoms with Gasteiger partial charge in [0.15, 0.2) is 0 Å². The van der Waals surface area contributed by atoms with Crippen LogP contribution in [0.1, 0.15) is 20.8 Å². The van der Waals surface area contributed by atoms with Crippen molar-refractivity contribution in [2.45, 2.75) is 26.3 Å². The van der Waals surface area contributed by atoms with Gasteiger partial charge in [-0.15, -0.1) is 0 Å². The Bertz CT molecular complexity index is 693. The Labute approximate surface area is 124 Å². The molecule has 0 aliphatic heterocycles. The summed E-state index contributed by atoms with van der Waals surface area (Å²) < 4.78 is 0. The summed E-state index contributed by atoms with van der Waals surface area (Å²) in [6, 6.07) is -0.861. The van der Waals surface area contributed by atoms with Gasteiger partial charge in [-0.2, -0.15) is 10.1 Å². The van der Waals surface area contributed by atoms with Crippen molar-refractivity contribution in [3.8, 4) is 0 Å². The van der Waals surface area contributed by atoms with Crippen molar-refractivity contribution < 1.29 is 9.72 Å². The van der Waals surface area contributed by atoms with Gasteiger partial charge >= 0.3 is 17.3 Å². The first-order chi connectivity index (χ1) is 10.0. The summed E-state index contributed by atoms with van der Waals surface area (Å²) >= 11 is 0. The summed E-state index contributed by atoms with van der Waals surface area (Å²) in [6.07, 6.45) is 0. The van der Waals surface area contributed by atoms with Crippen LogP contribution in [-0.2, 0) is 0 Å². The fraction of sp³-hybridized carbons (Fsp3) is 0.400. The van der Waals surface area contributed by atoms with Crippen LogP contribution in [0.5, 0.6) is 0 Å². The molecule has 1 aromatic rings. The van der Waals surface area contributed by atoms with Gasteiger partial charge in [-0.25, -0.2) is 10.2 Å². The Hall–Kier alpha value is -3.18. The number of aromatic amines is 1. The second-order valence-corrected chi connectivity index (χ2v) is 4.83. The third kappa shape index (κ3) is 3.91. The Morgan fingerprint density at radius 3 is 2.59 bits per heavy atom. The zero-order valence-electron chi connectivity index (χ0n) is 12.1. The Kier molecular flexibility index (Phi) is 4.66. The standard InChI is InChI=1S/C10H16N8O4/c1-4(16-17-9(12)20)10(2,3)15-6-5(18(21)22)7(19)14-8(11)13-6/h1-3H3,(H3,12,17,20)(H4,11,13,14,15,19)/b16-4-. The number of amides is 2. The summed E-state index contributed by atoms with van der Waals surface area (Å²) in [6.45, 7) is 4.76. The molecule has 12 heteroatoms. The number of H-pyrrole nitrogens is 1. The molecule has 1 heterocycles. The molecule has 0 unspecified atom stereocenters. The van der Waals surface area contributed by atoms with E-state index in [2.05, 4.69) is 15.4 Å². The van der Waals surface area contributed by atoms with Crippen molar-refractivity contribution in [2.24, 2.45) is 10.8 Å². The number of anilines is 2. The quantitative estimate of drug-likeness (QED) is 0.274. The Morgan fingerprint density at radius 2 is 2.09 bits per heavy atom. The van der Waals surface area contributed by atoms with Gasteiger partial charge in [0, 0.05) is 0 Å². The van der Waals surface area contributed by atoms with Gasteiger partial charge in [-0.1, -0.05) is 0 Å². The minimum Gasteiger partial charge on any atom is -0.369 e. The van der Waals surface area contributed by atoms with E-state index in [1.165, 1.54) is 0 Å². The summed E-state index contributed by atoms with van der Waals surface area (Å²) in [5.41, 5.74) is 9.91. The highest BCUT2D eigenvalue weighted by atomic mass is 16.6. The van der Waals surface area contributed by atoms with Gasteiger partial charge in [0.25, 0.3) is 0 Å². The van der Waals surface area contributed by atoms with Crippen LogP contribution in [0, 0.1) is 10.1 Å². The lowest BCUT2D eigenvalue weighted by Gasteiger charge is -2.26. The van der Waals surface area contributed by atoms with Crippen molar-refractivity contribution in [2.75, 3.05) is 11.1 Å². The van der Waals surface area contributed by atoms with Crippen LogP contribution in [0.15, 0.2) is 9.90 Å². The molecule has 22 heavy (non-hydrogen) atoms. The van der Waals surface area contributed by atoms with E-state index in [1.54, 1.807) is 20.8 Å². The second-order valence-electron chi connectivity index (χ2n) is 4.83. The number of nitrogen functional groups attached to an aromatic ring is 1. The fourth-order valence-electron chi connectivity index (χ4n) is 1.41.